The Kier molecular flexibility index (Phi) is 5.48. The van der Waals surface area contributed by atoms with Crippen LogP contribution in [-0.2, 0) is 4.79 Å². The van der Waals surface area contributed by atoms with Gasteiger partial charge < -0.3 is 10.2 Å². The molecular weight excluding hydrogens is 373 g/mol. The van der Waals surface area contributed by atoms with E-state index in [1.807, 2.05) is 18.2 Å². The quantitative estimate of drug-likeness (QED) is 0.867. The first-order valence-corrected chi connectivity index (χ1v) is 8.68. The Hall–Kier alpha value is -1.92. The number of halogens is 2. The second-order valence-corrected chi connectivity index (χ2v) is 6.69. The van der Waals surface area contributed by atoms with Crippen molar-refractivity contribution in [2.45, 2.75) is 0 Å². The SMILES string of the molecule is O=C(CN1CCN(c2ccccc2)CC1)Nc1ccc(Br)cc1F. The van der Waals surface area contributed by atoms with Gasteiger partial charge in [-0.1, -0.05) is 34.1 Å². The lowest BCUT2D eigenvalue weighted by Gasteiger charge is -2.35. The summed E-state index contributed by atoms with van der Waals surface area (Å²) in [4.78, 5) is 16.5. The zero-order chi connectivity index (χ0) is 16.9. The van der Waals surface area contributed by atoms with Crippen LogP contribution in [-0.4, -0.2) is 43.5 Å². The molecule has 0 radical (unpaired) electrons. The van der Waals surface area contributed by atoms with Crippen molar-refractivity contribution in [3.63, 3.8) is 0 Å². The number of piperazine rings is 1. The molecule has 6 heteroatoms. The predicted molar refractivity (Wildman–Crippen MR) is 97.8 cm³/mol. The van der Waals surface area contributed by atoms with Crippen LogP contribution in [0.4, 0.5) is 15.8 Å². The van der Waals surface area contributed by atoms with Gasteiger partial charge in [0.25, 0.3) is 0 Å². The number of hydrogen-bond donors (Lipinski definition) is 1. The lowest BCUT2D eigenvalue weighted by Crippen LogP contribution is -2.48. The molecule has 126 valence electrons. The van der Waals surface area contributed by atoms with E-state index in [-0.39, 0.29) is 18.1 Å². The zero-order valence-corrected chi connectivity index (χ0v) is 14.8. The molecule has 1 aliphatic heterocycles. The van der Waals surface area contributed by atoms with Gasteiger partial charge >= 0.3 is 0 Å². The standard InChI is InChI=1S/C18H19BrFN3O/c19-14-6-7-17(16(20)12-14)21-18(24)13-22-8-10-23(11-9-22)15-4-2-1-3-5-15/h1-7,12H,8-11,13H2,(H,21,24). The van der Waals surface area contributed by atoms with E-state index < -0.39 is 5.82 Å². The highest BCUT2D eigenvalue weighted by Gasteiger charge is 2.19. The number of hydrogen-bond acceptors (Lipinski definition) is 3. The van der Waals surface area contributed by atoms with Gasteiger partial charge in [-0.05, 0) is 30.3 Å². The molecule has 3 rings (SSSR count). The fourth-order valence-electron chi connectivity index (χ4n) is 2.79. The number of rotatable bonds is 4. The molecule has 0 spiro atoms. The lowest BCUT2D eigenvalue weighted by atomic mass is 10.2. The topological polar surface area (TPSA) is 35.6 Å². The molecule has 0 aliphatic carbocycles. The summed E-state index contributed by atoms with van der Waals surface area (Å²) in [7, 11) is 0. The van der Waals surface area contributed by atoms with E-state index in [1.165, 1.54) is 11.8 Å². The Morgan fingerprint density at radius 2 is 1.79 bits per heavy atom. The van der Waals surface area contributed by atoms with Gasteiger partial charge in [-0.15, -0.1) is 0 Å². The number of para-hydroxylation sites is 1. The molecular formula is C18H19BrFN3O. The third kappa shape index (κ3) is 4.33. The van der Waals surface area contributed by atoms with E-state index in [0.717, 1.165) is 26.2 Å². The second kappa shape index (κ2) is 7.77. The van der Waals surface area contributed by atoms with Crippen LogP contribution in [0.15, 0.2) is 53.0 Å². The Bertz CT molecular complexity index is 703. The first-order chi connectivity index (χ1) is 11.6. The lowest BCUT2D eigenvalue weighted by molar-refractivity contribution is -0.117. The van der Waals surface area contributed by atoms with Gasteiger partial charge in [-0.3, -0.25) is 9.69 Å². The fraction of sp³-hybridized carbons (Fsp3) is 0.278. The van der Waals surface area contributed by atoms with Crippen molar-refractivity contribution < 1.29 is 9.18 Å². The zero-order valence-electron chi connectivity index (χ0n) is 13.2. The van der Waals surface area contributed by atoms with Crippen molar-refractivity contribution in [2.24, 2.45) is 0 Å². The number of nitrogens with zero attached hydrogens (tertiary/aromatic N) is 2. The van der Waals surface area contributed by atoms with Crippen molar-refractivity contribution in [3.8, 4) is 0 Å². The molecule has 1 saturated heterocycles. The maximum atomic E-state index is 13.8. The molecule has 2 aromatic rings. The van der Waals surface area contributed by atoms with Gasteiger partial charge in [-0.25, -0.2) is 4.39 Å². The Balaban J connectivity index is 1.50. The Morgan fingerprint density at radius 3 is 2.46 bits per heavy atom. The van der Waals surface area contributed by atoms with Crippen molar-refractivity contribution in [1.82, 2.24) is 4.90 Å². The van der Waals surface area contributed by atoms with E-state index in [2.05, 4.69) is 43.2 Å². The maximum Gasteiger partial charge on any atom is 0.238 e. The van der Waals surface area contributed by atoms with Gasteiger partial charge in [0.15, 0.2) is 0 Å². The number of carbonyl (C=O) groups is 1. The summed E-state index contributed by atoms with van der Waals surface area (Å²) >= 11 is 3.20. The molecule has 0 unspecified atom stereocenters. The normalized spacial score (nSPS) is 15.3. The van der Waals surface area contributed by atoms with Crippen LogP contribution in [0.25, 0.3) is 0 Å². The molecule has 4 nitrogen and oxygen atoms in total. The third-order valence-electron chi connectivity index (χ3n) is 4.07. The largest absolute Gasteiger partial charge is 0.369 e. The summed E-state index contributed by atoms with van der Waals surface area (Å²) in [6.07, 6.45) is 0. The number of benzene rings is 2. The monoisotopic (exact) mass is 391 g/mol. The Morgan fingerprint density at radius 1 is 1.08 bits per heavy atom. The fourth-order valence-corrected chi connectivity index (χ4v) is 3.12. The highest BCUT2D eigenvalue weighted by molar-refractivity contribution is 9.10. The van der Waals surface area contributed by atoms with E-state index in [0.29, 0.717) is 4.47 Å². The second-order valence-electron chi connectivity index (χ2n) is 5.77. The summed E-state index contributed by atoms with van der Waals surface area (Å²) in [6.45, 7) is 3.66. The highest BCUT2D eigenvalue weighted by atomic mass is 79.9. The van der Waals surface area contributed by atoms with Gasteiger partial charge in [-0.2, -0.15) is 0 Å². The van der Waals surface area contributed by atoms with E-state index in [9.17, 15) is 9.18 Å². The predicted octanol–water partition coefficient (Wildman–Crippen LogP) is 3.35. The van der Waals surface area contributed by atoms with E-state index in [1.54, 1.807) is 12.1 Å². The van der Waals surface area contributed by atoms with Crippen LogP contribution in [0.2, 0.25) is 0 Å². The number of amides is 1. The third-order valence-corrected chi connectivity index (χ3v) is 4.56. The van der Waals surface area contributed by atoms with E-state index in [4.69, 9.17) is 0 Å². The van der Waals surface area contributed by atoms with Crippen LogP contribution in [0.5, 0.6) is 0 Å². The maximum absolute atomic E-state index is 13.8. The van der Waals surface area contributed by atoms with Crippen LogP contribution >= 0.6 is 15.9 Å². The first kappa shape index (κ1) is 16.9. The molecule has 2 aromatic carbocycles. The average molecular weight is 392 g/mol. The summed E-state index contributed by atoms with van der Waals surface area (Å²) in [5.74, 6) is -0.629. The minimum absolute atomic E-state index is 0.190. The van der Waals surface area contributed by atoms with Crippen molar-refractivity contribution in [1.29, 1.82) is 0 Å². The average Bonchev–Trinajstić information content (AvgIpc) is 2.59. The number of nitrogens with one attached hydrogen (secondary N) is 1. The van der Waals surface area contributed by atoms with Crippen molar-refractivity contribution in [3.05, 3.63) is 58.8 Å². The molecule has 0 aromatic heterocycles. The minimum atomic E-state index is -0.438. The van der Waals surface area contributed by atoms with Gasteiger partial charge in [0.1, 0.15) is 5.82 Å². The van der Waals surface area contributed by atoms with Crippen molar-refractivity contribution in [2.75, 3.05) is 42.9 Å². The van der Waals surface area contributed by atoms with E-state index >= 15 is 0 Å². The molecule has 1 N–H and O–H groups in total. The molecule has 1 fully saturated rings. The molecule has 1 aliphatic rings. The van der Waals surface area contributed by atoms with Crippen LogP contribution in [0.1, 0.15) is 0 Å². The molecule has 0 saturated carbocycles. The van der Waals surface area contributed by atoms with Crippen molar-refractivity contribution >= 4 is 33.2 Å². The number of carbonyl (C=O) groups excluding carboxylic acids is 1. The van der Waals surface area contributed by atoms with Crippen LogP contribution in [0.3, 0.4) is 0 Å². The highest BCUT2D eigenvalue weighted by Crippen LogP contribution is 2.19. The molecule has 24 heavy (non-hydrogen) atoms. The van der Waals surface area contributed by atoms with Gasteiger partial charge in [0.2, 0.25) is 5.91 Å². The molecule has 0 atom stereocenters. The smallest absolute Gasteiger partial charge is 0.238 e. The van der Waals surface area contributed by atoms with Crippen LogP contribution in [0, 0.1) is 5.82 Å². The summed E-state index contributed by atoms with van der Waals surface area (Å²) < 4.78 is 14.4. The number of anilines is 2. The summed E-state index contributed by atoms with van der Waals surface area (Å²) in [6, 6.07) is 14.9. The molecule has 1 amide bonds. The first-order valence-electron chi connectivity index (χ1n) is 7.89. The minimum Gasteiger partial charge on any atom is -0.369 e. The molecule has 1 heterocycles. The summed E-state index contributed by atoms with van der Waals surface area (Å²) in [5, 5.41) is 2.64. The van der Waals surface area contributed by atoms with Gasteiger partial charge in [0, 0.05) is 36.3 Å². The van der Waals surface area contributed by atoms with Gasteiger partial charge in [0.05, 0.1) is 12.2 Å². The van der Waals surface area contributed by atoms with Crippen LogP contribution < -0.4 is 10.2 Å². The summed E-state index contributed by atoms with van der Waals surface area (Å²) in [5.41, 5.74) is 1.42. The molecule has 0 bridgehead atoms. The Labute approximate surface area is 149 Å².